The van der Waals surface area contributed by atoms with Crippen LogP contribution in [0.2, 0.25) is 5.15 Å². The molecule has 1 atom stereocenters. The number of nitrogens with zero attached hydrogens (tertiary/aromatic N) is 5. The van der Waals surface area contributed by atoms with Crippen molar-refractivity contribution in [3.05, 3.63) is 125 Å². The van der Waals surface area contributed by atoms with Gasteiger partial charge in [-0.1, -0.05) is 66.2 Å². The Bertz CT molecular complexity index is 2960. The van der Waals surface area contributed by atoms with E-state index >= 15 is 8.42 Å². The molecular weight excluding hydrogens is 800 g/mol. The quantitative estimate of drug-likeness (QED) is 0.0960. The van der Waals surface area contributed by atoms with Crippen molar-refractivity contribution in [3.8, 4) is 0 Å². The molecule has 4 heterocycles. The van der Waals surface area contributed by atoms with Crippen LogP contribution in [0, 0.1) is 0 Å². The van der Waals surface area contributed by atoms with Gasteiger partial charge in [-0.25, -0.2) is 13.4 Å². The van der Waals surface area contributed by atoms with Crippen molar-refractivity contribution < 1.29 is 16.8 Å². The van der Waals surface area contributed by atoms with Gasteiger partial charge in [0.1, 0.15) is 0 Å². The lowest BCUT2D eigenvalue weighted by atomic mass is 9.98. The lowest BCUT2D eigenvalue weighted by Gasteiger charge is -2.34. The van der Waals surface area contributed by atoms with Gasteiger partial charge in [0.2, 0.25) is 10.0 Å². The molecule has 12 nitrogen and oxygen atoms in total. The molecule has 0 saturated carbocycles. The maximum Gasteiger partial charge on any atom is 0.284 e. The fourth-order valence-electron chi connectivity index (χ4n) is 7.61. The molecule has 57 heavy (non-hydrogen) atoms. The second-order valence-electron chi connectivity index (χ2n) is 14.7. The number of hydrogen-bond donors (Lipinski definition) is 3. The van der Waals surface area contributed by atoms with E-state index in [9.17, 15) is 8.42 Å². The Hall–Kier alpha value is -4.90. The van der Waals surface area contributed by atoms with Gasteiger partial charge in [0.25, 0.3) is 10.0 Å². The molecule has 8 rings (SSSR count). The van der Waals surface area contributed by atoms with Gasteiger partial charge in [-0.3, -0.25) is 13.4 Å². The van der Waals surface area contributed by atoms with E-state index in [1.807, 2.05) is 89.1 Å². The third kappa shape index (κ3) is 7.51. The summed E-state index contributed by atoms with van der Waals surface area (Å²) in [4.78, 5) is 15.5. The molecule has 296 valence electrons. The molecule has 0 amide bonds. The maximum atomic E-state index is 15.7. The van der Waals surface area contributed by atoms with Gasteiger partial charge in [-0.2, -0.15) is 8.42 Å². The predicted molar refractivity (Wildman–Crippen MR) is 233 cm³/mol. The molecule has 0 aliphatic carbocycles. The smallest absolute Gasteiger partial charge is 0.284 e. The monoisotopic (exact) mass is 842 g/mol. The van der Waals surface area contributed by atoms with Crippen LogP contribution in [-0.4, -0.2) is 93.0 Å². The predicted octanol–water partition coefficient (Wildman–Crippen LogP) is 7.75. The zero-order chi connectivity index (χ0) is 40.1. The number of likely N-dealkylation sites (N-methyl/N-ethyl adjacent to an activating group) is 2. The molecule has 4 aromatic heterocycles. The number of H-pyrrole nitrogens is 2. The summed E-state index contributed by atoms with van der Waals surface area (Å²) in [5, 5.41) is 4.27. The number of benzene rings is 4. The molecule has 16 heteroatoms. The van der Waals surface area contributed by atoms with Gasteiger partial charge in [-0.05, 0) is 92.8 Å². The van der Waals surface area contributed by atoms with Crippen molar-refractivity contribution in [1.82, 2.24) is 29.2 Å². The number of rotatable bonds is 15. The molecule has 0 aliphatic rings. The first-order chi connectivity index (χ1) is 27.3. The van der Waals surface area contributed by atoms with Gasteiger partial charge < -0.3 is 19.8 Å². The molecule has 0 saturated heterocycles. The fourth-order valence-corrected chi connectivity index (χ4v) is 12.1. The highest BCUT2D eigenvalue weighted by Gasteiger charge is 2.41. The SMILES string of the molecule is CN(C)CCc1c[nH]c2cccc(NS(=O)(=O)CC(c3cccc4ccccc34)N(c3cccc4[nH]cc(CCN(C)C)c34)S(=O)(=O)c3c(Cl)nc4sccn34)c12. The third-order valence-electron chi connectivity index (χ3n) is 10.2. The molecule has 3 N–H and O–H groups in total. The molecule has 0 spiro atoms. The van der Waals surface area contributed by atoms with Crippen molar-refractivity contribution in [2.45, 2.75) is 23.9 Å². The number of sulfonamides is 2. The zero-order valence-electron chi connectivity index (χ0n) is 31.9. The summed E-state index contributed by atoms with van der Waals surface area (Å²) in [6, 6.07) is 22.7. The highest BCUT2D eigenvalue weighted by molar-refractivity contribution is 7.93. The van der Waals surface area contributed by atoms with Crippen molar-refractivity contribution in [2.75, 3.05) is 56.1 Å². The summed E-state index contributed by atoms with van der Waals surface area (Å²) in [6.07, 6.45) is 6.71. The number of anilines is 2. The number of thiazole rings is 1. The Balaban J connectivity index is 1.36. The number of nitrogens with one attached hydrogen (secondary N) is 3. The van der Waals surface area contributed by atoms with E-state index in [4.69, 9.17) is 11.6 Å². The van der Waals surface area contributed by atoms with Crippen LogP contribution in [0.5, 0.6) is 0 Å². The molecule has 0 bridgehead atoms. The van der Waals surface area contributed by atoms with E-state index in [0.29, 0.717) is 57.6 Å². The molecule has 4 aromatic carbocycles. The molecule has 0 fully saturated rings. The zero-order valence-corrected chi connectivity index (χ0v) is 35.1. The van der Waals surface area contributed by atoms with Crippen LogP contribution in [0.25, 0.3) is 37.5 Å². The average molecular weight is 844 g/mol. The molecule has 8 aromatic rings. The number of hydrogen-bond acceptors (Lipinski definition) is 8. The van der Waals surface area contributed by atoms with Crippen LogP contribution in [0.15, 0.2) is 108 Å². The Morgan fingerprint density at radius 2 is 1.44 bits per heavy atom. The highest BCUT2D eigenvalue weighted by Crippen LogP contribution is 2.43. The first kappa shape index (κ1) is 38.9. The summed E-state index contributed by atoms with van der Waals surface area (Å²) in [5.41, 5.74) is 4.59. The Morgan fingerprint density at radius 1 is 0.807 bits per heavy atom. The number of aromatic amines is 2. The fraction of sp³-hybridized carbons (Fsp3) is 0.244. The standard InChI is InChI=1S/C41H43ClN8O4S3/c1-47(2)20-18-28-24-43-32-14-8-16-34(37(28)32)46-56(51,52)26-36(31-13-7-11-27-10-5-6-12-30(27)31)50(57(53,54)40-39(42)45-41-49(40)22-23-55-41)35-17-9-15-33-38(35)29(25-44-33)19-21-48(3)4/h5-17,22-25,36,43-44,46H,18-21,26H2,1-4H3. The van der Waals surface area contributed by atoms with Crippen molar-refractivity contribution >= 4 is 91.9 Å². The van der Waals surface area contributed by atoms with Gasteiger partial charge >= 0.3 is 0 Å². The van der Waals surface area contributed by atoms with Gasteiger partial charge in [-0.15, -0.1) is 11.3 Å². The minimum Gasteiger partial charge on any atom is -0.361 e. The number of fused-ring (bicyclic) bond motifs is 4. The first-order valence-corrected chi connectivity index (χ1v) is 22.8. The normalized spacial score (nSPS) is 13.2. The van der Waals surface area contributed by atoms with Gasteiger partial charge in [0.05, 0.1) is 23.2 Å². The van der Waals surface area contributed by atoms with Crippen LogP contribution in [-0.2, 0) is 32.9 Å². The Labute approximate surface area is 340 Å². The van der Waals surface area contributed by atoms with Gasteiger partial charge in [0, 0.05) is 58.9 Å². The van der Waals surface area contributed by atoms with E-state index in [0.717, 1.165) is 34.0 Å². The average Bonchev–Trinajstić information content (AvgIpc) is 3.96. The van der Waals surface area contributed by atoms with Gasteiger partial charge in [0.15, 0.2) is 15.1 Å². The largest absolute Gasteiger partial charge is 0.361 e. The lowest BCUT2D eigenvalue weighted by molar-refractivity contribution is 0.414. The molecular formula is C41H43ClN8O4S3. The number of imidazole rings is 1. The molecule has 0 aliphatic heterocycles. The minimum absolute atomic E-state index is 0.206. The second kappa shape index (κ2) is 15.5. The number of aromatic nitrogens is 4. The Kier molecular flexibility index (Phi) is 10.6. The minimum atomic E-state index is -4.68. The Morgan fingerprint density at radius 3 is 2.16 bits per heavy atom. The van der Waals surface area contributed by atoms with E-state index < -0.39 is 31.8 Å². The van der Waals surface area contributed by atoms with E-state index in [1.54, 1.807) is 41.9 Å². The van der Waals surface area contributed by atoms with Crippen LogP contribution in [0.3, 0.4) is 0 Å². The summed E-state index contributed by atoms with van der Waals surface area (Å²) in [5.74, 6) is -0.634. The maximum absolute atomic E-state index is 15.7. The van der Waals surface area contributed by atoms with Crippen LogP contribution in [0.4, 0.5) is 11.4 Å². The molecule has 0 radical (unpaired) electrons. The topological polar surface area (TPSA) is 139 Å². The summed E-state index contributed by atoms with van der Waals surface area (Å²) < 4.78 is 66.9. The van der Waals surface area contributed by atoms with E-state index in [1.165, 1.54) is 20.0 Å². The second-order valence-corrected chi connectivity index (χ2v) is 19.4. The van der Waals surface area contributed by atoms with E-state index in [-0.39, 0.29) is 10.2 Å². The summed E-state index contributed by atoms with van der Waals surface area (Å²) in [7, 11) is -1.05. The lowest BCUT2D eigenvalue weighted by Crippen LogP contribution is -2.40. The summed E-state index contributed by atoms with van der Waals surface area (Å²) >= 11 is 8.00. The van der Waals surface area contributed by atoms with Crippen molar-refractivity contribution in [1.29, 1.82) is 0 Å². The van der Waals surface area contributed by atoms with Crippen LogP contribution < -0.4 is 9.03 Å². The highest BCUT2D eigenvalue weighted by atomic mass is 35.5. The third-order valence-corrected chi connectivity index (χ3v) is 14.5. The first-order valence-electron chi connectivity index (χ1n) is 18.4. The molecule has 1 unspecified atom stereocenters. The van der Waals surface area contributed by atoms with Crippen molar-refractivity contribution in [3.63, 3.8) is 0 Å². The van der Waals surface area contributed by atoms with Crippen LogP contribution >= 0.6 is 22.9 Å². The van der Waals surface area contributed by atoms with Crippen molar-refractivity contribution in [2.24, 2.45) is 0 Å². The number of halogens is 1. The van der Waals surface area contributed by atoms with E-state index in [2.05, 4.69) is 29.5 Å². The summed E-state index contributed by atoms with van der Waals surface area (Å²) in [6.45, 7) is 1.46. The van der Waals surface area contributed by atoms with Crippen LogP contribution in [0.1, 0.15) is 22.7 Å².